The van der Waals surface area contributed by atoms with Gasteiger partial charge in [0.25, 0.3) is 0 Å². The molecule has 0 bridgehead atoms. The molecule has 0 aromatic carbocycles. The fourth-order valence-electron chi connectivity index (χ4n) is 1.89. The normalized spacial score (nSPS) is 13.3. The molecule has 0 aromatic heterocycles. The van der Waals surface area contributed by atoms with Gasteiger partial charge in [-0.1, -0.05) is 26.2 Å². The number of hydrogen-bond donors (Lipinski definition) is 2. The smallest absolute Gasteiger partial charge is 0.0897 e. The molecule has 0 radical (unpaired) electrons. The Labute approximate surface area is 125 Å². The summed E-state index contributed by atoms with van der Waals surface area (Å²) < 4.78 is 5.47. The Balaban J connectivity index is 3.26. The third-order valence-corrected chi connectivity index (χ3v) is 3.58. The highest BCUT2D eigenvalue weighted by molar-refractivity contribution is 4.61. The molecular formula is C16H36N2O2. The molecule has 20 heavy (non-hydrogen) atoms. The molecule has 122 valence electrons. The second-order valence-electron chi connectivity index (χ2n) is 5.92. The summed E-state index contributed by atoms with van der Waals surface area (Å²) in [6.07, 6.45) is 5.59. The van der Waals surface area contributed by atoms with E-state index in [0.717, 1.165) is 32.5 Å². The number of rotatable bonds is 14. The predicted molar refractivity (Wildman–Crippen MR) is 86.2 cm³/mol. The summed E-state index contributed by atoms with van der Waals surface area (Å²) in [5.74, 6) is 0. The van der Waals surface area contributed by atoms with Crippen molar-refractivity contribution in [2.75, 3.05) is 39.9 Å². The fourth-order valence-corrected chi connectivity index (χ4v) is 1.89. The third-order valence-electron chi connectivity index (χ3n) is 3.58. The summed E-state index contributed by atoms with van der Waals surface area (Å²) in [5.41, 5.74) is 0. The minimum absolute atomic E-state index is 0.385. The molecule has 0 heterocycles. The van der Waals surface area contributed by atoms with Gasteiger partial charge in [-0.05, 0) is 46.8 Å². The van der Waals surface area contributed by atoms with E-state index >= 15 is 0 Å². The fraction of sp³-hybridized carbons (Fsp3) is 1.00. The summed E-state index contributed by atoms with van der Waals surface area (Å²) in [7, 11) is 2.14. The Bertz CT molecular complexity index is 201. The van der Waals surface area contributed by atoms with Crippen LogP contribution >= 0.6 is 0 Å². The number of nitrogens with zero attached hydrogens (tertiary/aromatic N) is 1. The van der Waals surface area contributed by atoms with Crippen LogP contribution < -0.4 is 5.32 Å². The SMILES string of the molecule is CCCCCCOCC(O)CNCCCN(C)C(C)C. The molecule has 0 rings (SSSR count). The average molecular weight is 288 g/mol. The molecule has 4 nitrogen and oxygen atoms in total. The van der Waals surface area contributed by atoms with E-state index in [1.807, 2.05) is 0 Å². The summed E-state index contributed by atoms with van der Waals surface area (Å²) in [6.45, 7) is 10.5. The molecule has 4 heteroatoms. The van der Waals surface area contributed by atoms with Crippen LogP contribution in [0.3, 0.4) is 0 Å². The van der Waals surface area contributed by atoms with Crippen LogP contribution in [0.2, 0.25) is 0 Å². The van der Waals surface area contributed by atoms with Crippen molar-refractivity contribution in [1.82, 2.24) is 10.2 Å². The van der Waals surface area contributed by atoms with Gasteiger partial charge in [0, 0.05) is 19.2 Å². The van der Waals surface area contributed by atoms with Crippen LogP contribution in [-0.4, -0.2) is 62.0 Å². The summed E-state index contributed by atoms with van der Waals surface area (Å²) in [5, 5.41) is 13.0. The first-order valence-electron chi connectivity index (χ1n) is 8.24. The maximum absolute atomic E-state index is 9.75. The molecule has 0 amide bonds. The maximum Gasteiger partial charge on any atom is 0.0897 e. The van der Waals surface area contributed by atoms with E-state index in [2.05, 4.69) is 38.0 Å². The van der Waals surface area contributed by atoms with Gasteiger partial charge >= 0.3 is 0 Å². The van der Waals surface area contributed by atoms with Crippen molar-refractivity contribution in [1.29, 1.82) is 0 Å². The zero-order chi connectivity index (χ0) is 15.2. The Morgan fingerprint density at radius 2 is 1.90 bits per heavy atom. The lowest BCUT2D eigenvalue weighted by Crippen LogP contribution is -2.33. The van der Waals surface area contributed by atoms with Crippen molar-refractivity contribution in [2.24, 2.45) is 0 Å². The monoisotopic (exact) mass is 288 g/mol. The van der Waals surface area contributed by atoms with Crippen LogP contribution in [-0.2, 0) is 4.74 Å². The Hall–Kier alpha value is -0.160. The van der Waals surface area contributed by atoms with Gasteiger partial charge in [0.15, 0.2) is 0 Å². The summed E-state index contributed by atoms with van der Waals surface area (Å²) in [6, 6.07) is 0.599. The number of unbranched alkanes of at least 4 members (excludes halogenated alkanes) is 3. The first-order valence-corrected chi connectivity index (χ1v) is 8.24. The predicted octanol–water partition coefficient (Wildman–Crippen LogP) is 2.26. The number of hydrogen-bond acceptors (Lipinski definition) is 4. The van der Waals surface area contributed by atoms with Crippen molar-refractivity contribution < 1.29 is 9.84 Å². The van der Waals surface area contributed by atoms with Crippen molar-refractivity contribution in [2.45, 2.75) is 65.0 Å². The first-order chi connectivity index (χ1) is 9.57. The highest BCUT2D eigenvalue weighted by atomic mass is 16.5. The average Bonchev–Trinajstić information content (AvgIpc) is 2.41. The standard InChI is InChI=1S/C16H36N2O2/c1-5-6-7-8-12-20-14-16(19)13-17-10-9-11-18(4)15(2)3/h15-17,19H,5-14H2,1-4H3. The van der Waals surface area contributed by atoms with Crippen molar-refractivity contribution in [3.05, 3.63) is 0 Å². The minimum Gasteiger partial charge on any atom is -0.389 e. The lowest BCUT2D eigenvalue weighted by Gasteiger charge is -2.21. The molecule has 0 saturated heterocycles. The highest BCUT2D eigenvalue weighted by Gasteiger charge is 2.04. The van der Waals surface area contributed by atoms with E-state index in [1.54, 1.807) is 0 Å². The van der Waals surface area contributed by atoms with Gasteiger partial charge in [0.2, 0.25) is 0 Å². The zero-order valence-electron chi connectivity index (χ0n) is 14.0. The van der Waals surface area contributed by atoms with Crippen LogP contribution in [0.15, 0.2) is 0 Å². The third kappa shape index (κ3) is 12.9. The van der Waals surface area contributed by atoms with Gasteiger partial charge < -0.3 is 20.1 Å². The summed E-state index contributed by atoms with van der Waals surface area (Å²) in [4.78, 5) is 2.33. The highest BCUT2D eigenvalue weighted by Crippen LogP contribution is 1.99. The van der Waals surface area contributed by atoms with Crippen LogP contribution in [0.4, 0.5) is 0 Å². The van der Waals surface area contributed by atoms with Crippen LogP contribution in [0.25, 0.3) is 0 Å². The Kier molecular flexibility index (Phi) is 13.7. The van der Waals surface area contributed by atoms with Gasteiger partial charge in [-0.2, -0.15) is 0 Å². The van der Waals surface area contributed by atoms with Crippen LogP contribution in [0, 0.1) is 0 Å². The molecule has 0 aliphatic carbocycles. The number of aliphatic hydroxyl groups excluding tert-OH is 1. The second kappa shape index (κ2) is 13.8. The molecule has 2 N–H and O–H groups in total. The molecule has 0 aromatic rings. The number of aliphatic hydroxyl groups is 1. The van der Waals surface area contributed by atoms with Crippen molar-refractivity contribution in [3.8, 4) is 0 Å². The van der Waals surface area contributed by atoms with E-state index in [-0.39, 0.29) is 6.10 Å². The lowest BCUT2D eigenvalue weighted by molar-refractivity contribution is 0.0354. The quantitative estimate of drug-likeness (QED) is 0.481. The molecular weight excluding hydrogens is 252 g/mol. The molecule has 1 atom stereocenters. The maximum atomic E-state index is 9.75. The molecule has 0 spiro atoms. The van der Waals surface area contributed by atoms with Crippen LogP contribution in [0.1, 0.15) is 52.9 Å². The van der Waals surface area contributed by atoms with Gasteiger partial charge in [0.05, 0.1) is 12.7 Å². The molecule has 0 saturated carbocycles. The van der Waals surface area contributed by atoms with Gasteiger partial charge in [-0.3, -0.25) is 0 Å². The van der Waals surface area contributed by atoms with Gasteiger partial charge in [-0.15, -0.1) is 0 Å². The van der Waals surface area contributed by atoms with E-state index in [4.69, 9.17) is 4.74 Å². The largest absolute Gasteiger partial charge is 0.389 e. The molecule has 0 fully saturated rings. The molecule has 0 aliphatic rings. The van der Waals surface area contributed by atoms with E-state index in [9.17, 15) is 5.11 Å². The molecule has 0 aliphatic heterocycles. The van der Waals surface area contributed by atoms with E-state index in [0.29, 0.717) is 19.2 Å². The minimum atomic E-state index is -0.385. The zero-order valence-corrected chi connectivity index (χ0v) is 14.0. The van der Waals surface area contributed by atoms with Gasteiger partial charge in [-0.25, -0.2) is 0 Å². The number of nitrogens with one attached hydrogen (secondary N) is 1. The van der Waals surface area contributed by atoms with E-state index in [1.165, 1.54) is 19.3 Å². The van der Waals surface area contributed by atoms with Gasteiger partial charge in [0.1, 0.15) is 0 Å². The van der Waals surface area contributed by atoms with E-state index < -0.39 is 0 Å². The summed E-state index contributed by atoms with van der Waals surface area (Å²) >= 11 is 0. The van der Waals surface area contributed by atoms with Crippen LogP contribution in [0.5, 0.6) is 0 Å². The topological polar surface area (TPSA) is 44.7 Å². The van der Waals surface area contributed by atoms with Crippen molar-refractivity contribution >= 4 is 0 Å². The molecule has 1 unspecified atom stereocenters. The Morgan fingerprint density at radius 1 is 1.15 bits per heavy atom. The Morgan fingerprint density at radius 3 is 2.55 bits per heavy atom. The lowest BCUT2D eigenvalue weighted by atomic mass is 10.2. The van der Waals surface area contributed by atoms with Crippen molar-refractivity contribution in [3.63, 3.8) is 0 Å². The number of ether oxygens (including phenoxy) is 1. The second-order valence-corrected chi connectivity index (χ2v) is 5.92. The first kappa shape index (κ1) is 19.8.